The molecule has 5 nitrogen and oxygen atoms in total. The highest BCUT2D eigenvalue weighted by atomic mass is 16.6. The summed E-state index contributed by atoms with van der Waals surface area (Å²) in [4.78, 5) is 23.4. The number of hydrogen-bond donors (Lipinski definition) is 1. The maximum Gasteiger partial charge on any atom is 0.303 e. The number of aryl methyl sites for hydroxylation is 1. The Kier molecular flexibility index (Phi) is 4.44. The lowest BCUT2D eigenvalue weighted by atomic mass is 9.55. The summed E-state index contributed by atoms with van der Waals surface area (Å²) in [6.45, 7) is 5.05. The van der Waals surface area contributed by atoms with Gasteiger partial charge in [-0.2, -0.15) is 0 Å². The standard InChI is InChI=1S/C22H28O5/c1-12(23)26-20-11-19-18-6-4-14-10-15(25)5-7-16(14)17(18)8-9-22(19,3)21(20)27-13(2)24/h5,7,10,17-21,25H,4,6,8-9,11H2,1-3H3/t17-,18-,19+,20-,21+,22+/m1/s1. The quantitative estimate of drug-likeness (QED) is 0.801. The van der Waals surface area contributed by atoms with Crippen LogP contribution in [-0.4, -0.2) is 29.3 Å². The van der Waals surface area contributed by atoms with Gasteiger partial charge in [0.05, 0.1) is 0 Å². The number of esters is 2. The Balaban J connectivity index is 1.66. The number of aromatic hydroxyl groups is 1. The fraction of sp³-hybridized carbons (Fsp3) is 0.636. The Bertz CT molecular complexity index is 772. The molecule has 6 atom stereocenters. The second kappa shape index (κ2) is 6.54. The van der Waals surface area contributed by atoms with Crippen molar-refractivity contribution in [3.63, 3.8) is 0 Å². The molecule has 4 rings (SSSR count). The van der Waals surface area contributed by atoms with E-state index in [-0.39, 0.29) is 29.6 Å². The highest BCUT2D eigenvalue weighted by molar-refractivity contribution is 5.67. The number of carbonyl (C=O) groups is 2. The van der Waals surface area contributed by atoms with Crippen molar-refractivity contribution in [2.75, 3.05) is 0 Å². The van der Waals surface area contributed by atoms with E-state index in [0.29, 0.717) is 23.5 Å². The normalized spacial score (nSPS) is 36.9. The molecular formula is C22H28O5. The van der Waals surface area contributed by atoms with Gasteiger partial charge >= 0.3 is 11.9 Å². The second-order valence-corrected chi connectivity index (χ2v) is 8.76. The van der Waals surface area contributed by atoms with Gasteiger partial charge in [-0.25, -0.2) is 0 Å². The summed E-state index contributed by atoms with van der Waals surface area (Å²) in [5.41, 5.74) is 2.44. The Morgan fingerprint density at radius 1 is 1.15 bits per heavy atom. The average Bonchev–Trinajstić information content (AvgIpc) is 2.85. The zero-order valence-corrected chi connectivity index (χ0v) is 16.2. The highest BCUT2D eigenvalue weighted by Crippen LogP contribution is 2.62. The molecule has 0 aromatic heterocycles. The molecule has 2 saturated carbocycles. The third kappa shape index (κ3) is 3.01. The van der Waals surface area contributed by atoms with Crippen LogP contribution in [0.15, 0.2) is 18.2 Å². The first-order valence-corrected chi connectivity index (χ1v) is 9.96. The van der Waals surface area contributed by atoms with Crippen LogP contribution in [0.2, 0.25) is 0 Å². The lowest BCUT2D eigenvalue weighted by molar-refractivity contribution is -0.171. The lowest BCUT2D eigenvalue weighted by Crippen LogP contribution is -2.46. The SMILES string of the molecule is CC(=O)O[C@@H]1C[C@H]2[C@@H]3CCc4cc(O)ccc4[C@H]3CC[C@]2(C)[C@H]1OC(C)=O. The lowest BCUT2D eigenvalue weighted by Gasteiger charge is -2.50. The van der Waals surface area contributed by atoms with E-state index < -0.39 is 0 Å². The van der Waals surface area contributed by atoms with Crippen molar-refractivity contribution in [2.45, 2.75) is 71.0 Å². The first kappa shape index (κ1) is 18.3. The van der Waals surface area contributed by atoms with Crippen LogP contribution >= 0.6 is 0 Å². The molecule has 0 bridgehead atoms. The van der Waals surface area contributed by atoms with Gasteiger partial charge < -0.3 is 14.6 Å². The van der Waals surface area contributed by atoms with E-state index >= 15 is 0 Å². The minimum absolute atomic E-state index is 0.165. The third-order valence-corrected chi connectivity index (χ3v) is 7.23. The molecule has 2 fully saturated rings. The van der Waals surface area contributed by atoms with Gasteiger partial charge in [-0.15, -0.1) is 0 Å². The van der Waals surface area contributed by atoms with Crippen molar-refractivity contribution in [1.82, 2.24) is 0 Å². The van der Waals surface area contributed by atoms with Crippen molar-refractivity contribution in [1.29, 1.82) is 0 Å². The Labute approximate surface area is 160 Å². The van der Waals surface area contributed by atoms with E-state index in [1.807, 2.05) is 6.07 Å². The van der Waals surface area contributed by atoms with Gasteiger partial charge in [-0.05, 0) is 73.1 Å². The van der Waals surface area contributed by atoms with Crippen LogP contribution in [0.5, 0.6) is 5.75 Å². The molecular weight excluding hydrogens is 344 g/mol. The second-order valence-electron chi connectivity index (χ2n) is 8.76. The summed E-state index contributed by atoms with van der Waals surface area (Å²) < 4.78 is 11.3. The number of hydrogen-bond acceptors (Lipinski definition) is 5. The van der Waals surface area contributed by atoms with Gasteiger partial charge in [0.2, 0.25) is 0 Å². The molecule has 3 aliphatic carbocycles. The number of phenolic OH excluding ortho intramolecular Hbond substituents is 1. The maximum absolute atomic E-state index is 11.7. The van der Waals surface area contributed by atoms with Gasteiger partial charge in [0.1, 0.15) is 18.0 Å². The van der Waals surface area contributed by atoms with Gasteiger partial charge in [-0.3, -0.25) is 9.59 Å². The molecule has 0 aliphatic heterocycles. The van der Waals surface area contributed by atoms with Crippen LogP contribution in [0.1, 0.15) is 63.5 Å². The molecule has 0 heterocycles. The molecule has 0 amide bonds. The number of rotatable bonds is 2. The monoisotopic (exact) mass is 372 g/mol. The molecule has 0 unspecified atom stereocenters. The van der Waals surface area contributed by atoms with Gasteiger partial charge in [0, 0.05) is 19.3 Å². The average molecular weight is 372 g/mol. The summed E-state index contributed by atoms with van der Waals surface area (Å²) in [7, 11) is 0. The largest absolute Gasteiger partial charge is 0.508 e. The van der Waals surface area contributed by atoms with Crippen LogP contribution in [-0.2, 0) is 25.5 Å². The Morgan fingerprint density at radius 3 is 2.59 bits per heavy atom. The predicted octanol–water partition coefficient (Wildman–Crippen LogP) is 3.72. The molecule has 1 aromatic carbocycles. The Hall–Kier alpha value is -2.04. The van der Waals surface area contributed by atoms with E-state index in [2.05, 4.69) is 13.0 Å². The minimum atomic E-state index is -0.369. The van der Waals surface area contributed by atoms with E-state index in [1.54, 1.807) is 6.07 Å². The first-order valence-electron chi connectivity index (χ1n) is 9.96. The molecule has 146 valence electrons. The number of fused-ring (bicyclic) bond motifs is 5. The third-order valence-electron chi connectivity index (χ3n) is 7.23. The smallest absolute Gasteiger partial charge is 0.303 e. The fourth-order valence-corrected chi connectivity index (χ4v) is 6.22. The van der Waals surface area contributed by atoms with Crippen molar-refractivity contribution in [3.8, 4) is 5.75 Å². The van der Waals surface area contributed by atoms with Crippen LogP contribution in [0.4, 0.5) is 0 Å². The van der Waals surface area contributed by atoms with Gasteiger partial charge in [0.25, 0.3) is 0 Å². The van der Waals surface area contributed by atoms with Crippen LogP contribution in [0.3, 0.4) is 0 Å². The fourth-order valence-electron chi connectivity index (χ4n) is 6.22. The van der Waals surface area contributed by atoms with E-state index in [0.717, 1.165) is 32.1 Å². The Morgan fingerprint density at radius 2 is 1.89 bits per heavy atom. The molecule has 27 heavy (non-hydrogen) atoms. The van der Waals surface area contributed by atoms with Crippen molar-refractivity contribution in [3.05, 3.63) is 29.3 Å². The van der Waals surface area contributed by atoms with Crippen LogP contribution in [0, 0.1) is 17.3 Å². The minimum Gasteiger partial charge on any atom is -0.508 e. The number of ether oxygens (including phenoxy) is 2. The van der Waals surface area contributed by atoms with E-state index in [9.17, 15) is 14.7 Å². The van der Waals surface area contributed by atoms with Crippen molar-refractivity contribution >= 4 is 11.9 Å². The summed E-state index contributed by atoms with van der Waals surface area (Å²) in [5.74, 6) is 0.998. The molecule has 1 aromatic rings. The topological polar surface area (TPSA) is 72.8 Å². The zero-order chi connectivity index (χ0) is 19.3. The van der Waals surface area contributed by atoms with Crippen molar-refractivity contribution < 1.29 is 24.2 Å². The van der Waals surface area contributed by atoms with Crippen molar-refractivity contribution in [2.24, 2.45) is 17.3 Å². The molecule has 0 radical (unpaired) electrons. The molecule has 3 aliphatic rings. The molecule has 0 spiro atoms. The summed E-state index contributed by atoms with van der Waals surface area (Å²) in [6.07, 6.45) is 4.00. The summed E-state index contributed by atoms with van der Waals surface area (Å²) >= 11 is 0. The van der Waals surface area contributed by atoms with E-state index in [1.165, 1.54) is 25.0 Å². The molecule has 1 N–H and O–H groups in total. The van der Waals surface area contributed by atoms with Gasteiger partial charge in [0.15, 0.2) is 0 Å². The number of benzene rings is 1. The first-order chi connectivity index (χ1) is 12.8. The maximum atomic E-state index is 11.7. The molecule has 5 heteroatoms. The van der Waals surface area contributed by atoms with E-state index in [4.69, 9.17) is 9.47 Å². The van der Waals surface area contributed by atoms with Gasteiger partial charge in [-0.1, -0.05) is 13.0 Å². The summed E-state index contributed by atoms with van der Waals surface area (Å²) in [6, 6.07) is 5.76. The number of phenols is 1. The predicted molar refractivity (Wildman–Crippen MR) is 99.2 cm³/mol. The number of carbonyl (C=O) groups excluding carboxylic acids is 2. The van der Waals surface area contributed by atoms with Crippen LogP contribution < -0.4 is 0 Å². The highest BCUT2D eigenvalue weighted by Gasteiger charge is 2.61. The molecule has 0 saturated heterocycles. The zero-order valence-electron chi connectivity index (χ0n) is 16.2. The summed E-state index contributed by atoms with van der Waals surface area (Å²) in [5, 5.41) is 9.82. The van der Waals surface area contributed by atoms with Crippen LogP contribution in [0.25, 0.3) is 0 Å².